The molecule has 0 spiro atoms. The molecule has 11 aromatic carbocycles. The van der Waals surface area contributed by atoms with Gasteiger partial charge in [-0.2, -0.15) is 0 Å². The predicted octanol–water partition coefficient (Wildman–Crippen LogP) is 17.3. The number of anilines is 6. The van der Waals surface area contributed by atoms with Crippen LogP contribution in [0.5, 0.6) is 0 Å². The van der Waals surface area contributed by atoms with Gasteiger partial charge in [-0.25, -0.2) is 0 Å². The van der Waals surface area contributed by atoms with Crippen molar-refractivity contribution in [2.45, 2.75) is 65.2 Å². The van der Waals surface area contributed by atoms with Crippen molar-refractivity contribution < 1.29 is 0 Å². The second kappa shape index (κ2) is 15.1. The fourth-order valence-corrected chi connectivity index (χ4v) is 13.6. The quantitative estimate of drug-likeness (QED) is 0.121. The van der Waals surface area contributed by atoms with Crippen LogP contribution >= 0.6 is 11.3 Å². The highest BCUT2D eigenvalue weighted by Gasteiger charge is 2.46. The standard InChI is InChI=1S/C66H53BN2S/c1-7-65(3,4)40-32-36-60-54(37-40)62-64(70-60)69(57-28-17-27-52-48-23-13-11-22-46(48)47-24-15-16-26-51(47)61(52)57)59-30-18-29-58-63(59)67(62)55-38-41(66(5,6)8-2)31-35-56(55)68(58)42-33-34-50-45-21-10-9-19-43(45)44-20-12-14-25-49(44)53(50)39-42/h9-39H,7-8H2,1-6H3. The van der Waals surface area contributed by atoms with Crippen LogP contribution in [0.1, 0.15) is 65.5 Å². The number of thiophene rings is 1. The molecule has 336 valence electrons. The van der Waals surface area contributed by atoms with Crippen LogP contribution in [-0.2, 0) is 10.8 Å². The molecule has 2 nitrogen and oxygen atoms in total. The summed E-state index contributed by atoms with van der Waals surface area (Å²) in [6, 6.07) is 72.2. The highest BCUT2D eigenvalue weighted by Crippen LogP contribution is 2.52. The maximum absolute atomic E-state index is 2.67. The topological polar surface area (TPSA) is 6.48 Å². The minimum Gasteiger partial charge on any atom is -0.311 e. The van der Waals surface area contributed by atoms with E-state index in [9.17, 15) is 0 Å². The summed E-state index contributed by atoms with van der Waals surface area (Å²) >= 11 is 1.96. The molecule has 0 fully saturated rings. The van der Waals surface area contributed by atoms with Crippen LogP contribution in [0, 0.1) is 0 Å². The van der Waals surface area contributed by atoms with Crippen molar-refractivity contribution >= 4 is 143 Å². The van der Waals surface area contributed by atoms with Crippen LogP contribution < -0.4 is 26.2 Å². The van der Waals surface area contributed by atoms with Crippen molar-refractivity contribution in [2.75, 3.05) is 9.80 Å². The fourth-order valence-electron chi connectivity index (χ4n) is 12.4. The molecule has 0 saturated heterocycles. The van der Waals surface area contributed by atoms with E-state index in [4.69, 9.17) is 0 Å². The SMILES string of the molecule is CCC(C)(C)c1ccc2c(c1)B1c3c(cccc3N(c3cccc4c5ccccc5c5ccccc5c34)c3sc4ccc(C(C)(C)CC)cc4c31)N2c1ccc2c3ccccc3c3ccccc3c2c1. The summed E-state index contributed by atoms with van der Waals surface area (Å²) in [6.45, 7) is 14.3. The molecular weight excluding hydrogens is 864 g/mol. The number of nitrogens with zero attached hydrogens (tertiary/aromatic N) is 2. The first-order chi connectivity index (χ1) is 34.1. The van der Waals surface area contributed by atoms with Gasteiger partial charge in [-0.05, 0) is 158 Å². The van der Waals surface area contributed by atoms with Crippen LogP contribution in [0.25, 0.3) is 74.7 Å². The van der Waals surface area contributed by atoms with Crippen molar-refractivity contribution in [3.05, 3.63) is 199 Å². The van der Waals surface area contributed by atoms with Crippen LogP contribution in [0.4, 0.5) is 33.4 Å². The van der Waals surface area contributed by atoms with Crippen molar-refractivity contribution in [3.63, 3.8) is 0 Å². The van der Waals surface area contributed by atoms with Crippen LogP contribution in [0.3, 0.4) is 0 Å². The van der Waals surface area contributed by atoms with E-state index >= 15 is 0 Å². The van der Waals surface area contributed by atoms with Crippen molar-refractivity contribution in [2.24, 2.45) is 0 Å². The molecule has 70 heavy (non-hydrogen) atoms. The third-order valence-electron chi connectivity index (χ3n) is 16.9. The van der Waals surface area contributed by atoms with E-state index in [0.29, 0.717) is 0 Å². The van der Waals surface area contributed by atoms with Gasteiger partial charge in [0.25, 0.3) is 6.71 Å². The maximum atomic E-state index is 2.67. The first kappa shape index (κ1) is 41.6. The van der Waals surface area contributed by atoms with E-state index in [0.717, 1.165) is 12.8 Å². The van der Waals surface area contributed by atoms with Gasteiger partial charge in [0, 0.05) is 32.8 Å². The number of hydrogen-bond donors (Lipinski definition) is 0. The van der Waals surface area contributed by atoms with Crippen LogP contribution in [0.2, 0.25) is 0 Å². The molecule has 0 saturated carbocycles. The molecule has 0 unspecified atom stereocenters. The minimum atomic E-state index is -0.00603. The third-order valence-corrected chi connectivity index (χ3v) is 18.1. The number of benzene rings is 11. The summed E-state index contributed by atoms with van der Waals surface area (Å²) in [5.41, 5.74) is 13.1. The zero-order valence-corrected chi connectivity index (χ0v) is 41.5. The molecule has 2 aliphatic rings. The van der Waals surface area contributed by atoms with Crippen LogP contribution in [-0.4, -0.2) is 6.71 Å². The predicted molar refractivity (Wildman–Crippen MR) is 308 cm³/mol. The lowest BCUT2D eigenvalue weighted by atomic mass is 9.33. The maximum Gasteiger partial charge on any atom is 0.254 e. The van der Waals surface area contributed by atoms with Crippen LogP contribution in [0.15, 0.2) is 188 Å². The highest BCUT2D eigenvalue weighted by atomic mass is 32.1. The van der Waals surface area contributed by atoms with E-state index < -0.39 is 0 Å². The van der Waals surface area contributed by atoms with Gasteiger partial charge in [0.15, 0.2) is 0 Å². The van der Waals surface area contributed by atoms with Gasteiger partial charge < -0.3 is 9.80 Å². The Balaban J connectivity index is 1.12. The molecule has 14 rings (SSSR count). The highest BCUT2D eigenvalue weighted by molar-refractivity contribution is 7.26. The monoisotopic (exact) mass is 916 g/mol. The van der Waals surface area contributed by atoms with Crippen molar-refractivity contribution in [3.8, 4) is 0 Å². The number of hydrogen-bond acceptors (Lipinski definition) is 3. The molecule has 0 aliphatic carbocycles. The molecule has 0 N–H and O–H groups in total. The van der Waals surface area contributed by atoms with E-state index in [1.807, 2.05) is 11.3 Å². The van der Waals surface area contributed by atoms with E-state index in [1.54, 1.807) is 0 Å². The molecule has 0 radical (unpaired) electrons. The molecule has 1 aromatic heterocycles. The van der Waals surface area contributed by atoms with Gasteiger partial charge in [-0.3, -0.25) is 0 Å². The number of fused-ring (bicyclic) bond motifs is 18. The second-order valence-electron chi connectivity index (χ2n) is 21.2. The molecule has 3 heterocycles. The Kier molecular flexibility index (Phi) is 8.94. The first-order valence-electron chi connectivity index (χ1n) is 25.2. The lowest BCUT2D eigenvalue weighted by molar-refractivity contribution is 0.506. The van der Waals surface area contributed by atoms with Gasteiger partial charge >= 0.3 is 0 Å². The Labute approximate surface area is 414 Å². The van der Waals surface area contributed by atoms with Gasteiger partial charge in [0.05, 0.1) is 10.7 Å². The molecule has 0 bridgehead atoms. The number of rotatable bonds is 6. The lowest BCUT2D eigenvalue weighted by Gasteiger charge is -2.44. The Morgan fingerprint density at radius 3 is 1.46 bits per heavy atom. The zero-order chi connectivity index (χ0) is 47.2. The van der Waals surface area contributed by atoms with E-state index in [2.05, 4.69) is 239 Å². The Hall–Kier alpha value is -7.40. The smallest absolute Gasteiger partial charge is 0.254 e. The fraction of sp³-hybridized carbons (Fsp3) is 0.152. The average molecular weight is 917 g/mol. The van der Waals surface area contributed by atoms with E-state index in [-0.39, 0.29) is 17.5 Å². The molecule has 0 atom stereocenters. The molecule has 12 aromatic rings. The normalized spacial score (nSPS) is 13.6. The Bertz CT molecular complexity index is 4120. The van der Waals surface area contributed by atoms with Gasteiger partial charge in [0.1, 0.15) is 0 Å². The summed E-state index contributed by atoms with van der Waals surface area (Å²) in [7, 11) is 0. The summed E-state index contributed by atoms with van der Waals surface area (Å²) in [5.74, 6) is 0. The van der Waals surface area contributed by atoms with Gasteiger partial charge in [0.2, 0.25) is 0 Å². The van der Waals surface area contributed by atoms with Gasteiger partial charge in [-0.15, -0.1) is 11.3 Å². The zero-order valence-electron chi connectivity index (χ0n) is 40.7. The Morgan fingerprint density at radius 1 is 0.386 bits per heavy atom. The first-order valence-corrected chi connectivity index (χ1v) is 26.1. The van der Waals surface area contributed by atoms with Crippen molar-refractivity contribution in [1.29, 1.82) is 0 Å². The largest absolute Gasteiger partial charge is 0.311 e. The summed E-state index contributed by atoms with van der Waals surface area (Å²) in [4.78, 5) is 5.28. The molecule has 0 amide bonds. The lowest BCUT2D eigenvalue weighted by Crippen LogP contribution is -2.61. The molecular formula is C66H53BN2S. The average Bonchev–Trinajstić information content (AvgIpc) is 3.79. The minimum absolute atomic E-state index is 0.00262. The second-order valence-corrected chi connectivity index (χ2v) is 22.2. The Morgan fingerprint density at radius 2 is 0.857 bits per heavy atom. The molecule has 2 aliphatic heterocycles. The van der Waals surface area contributed by atoms with E-state index in [1.165, 1.54) is 136 Å². The summed E-state index contributed by atoms with van der Waals surface area (Å²) in [6.07, 6.45) is 2.11. The molecule has 4 heteroatoms. The van der Waals surface area contributed by atoms with Gasteiger partial charge in [-0.1, -0.05) is 187 Å². The summed E-state index contributed by atoms with van der Waals surface area (Å²) < 4.78 is 1.33. The third kappa shape index (κ3) is 5.74. The summed E-state index contributed by atoms with van der Waals surface area (Å²) in [5, 5.41) is 18.1. The van der Waals surface area contributed by atoms with Crippen molar-refractivity contribution in [1.82, 2.24) is 0 Å².